The van der Waals surface area contributed by atoms with Gasteiger partial charge in [-0.15, -0.1) is 0 Å². The van der Waals surface area contributed by atoms with Crippen LogP contribution in [0.15, 0.2) is 18.2 Å². The third kappa shape index (κ3) is 5.16. The highest BCUT2D eigenvalue weighted by molar-refractivity contribution is 5.37. The number of rotatable bonds is 7. The lowest BCUT2D eigenvalue weighted by Gasteiger charge is -2.15. The van der Waals surface area contributed by atoms with Gasteiger partial charge in [0.2, 0.25) is 0 Å². The van der Waals surface area contributed by atoms with Crippen LogP contribution in [0.1, 0.15) is 69.4 Å². The Morgan fingerprint density at radius 3 is 2.75 bits per heavy atom. The van der Waals surface area contributed by atoms with E-state index in [1.807, 2.05) is 0 Å². The molecule has 2 heteroatoms. The molecule has 0 saturated heterocycles. The second-order valence-electron chi connectivity index (χ2n) is 5.82. The third-order valence-corrected chi connectivity index (χ3v) is 4.02. The first kappa shape index (κ1) is 15.4. The Balaban J connectivity index is 1.79. The molecule has 0 radical (unpaired) electrons. The van der Waals surface area contributed by atoms with Gasteiger partial charge in [-0.2, -0.15) is 4.89 Å². The van der Waals surface area contributed by atoms with E-state index in [1.165, 1.54) is 62.5 Å². The highest BCUT2D eigenvalue weighted by atomic mass is 17.2. The Kier molecular flexibility index (Phi) is 6.93. The molecule has 0 spiro atoms. The van der Waals surface area contributed by atoms with Gasteiger partial charge >= 0.3 is 0 Å². The quantitative estimate of drug-likeness (QED) is 0.501. The molecule has 20 heavy (non-hydrogen) atoms. The molecule has 0 amide bonds. The van der Waals surface area contributed by atoms with Crippen LogP contribution in [0.3, 0.4) is 0 Å². The first-order chi connectivity index (χ1) is 9.90. The van der Waals surface area contributed by atoms with Crippen molar-refractivity contribution in [2.24, 2.45) is 0 Å². The molecule has 0 atom stereocenters. The van der Waals surface area contributed by atoms with Gasteiger partial charge in [-0.25, -0.2) is 0 Å². The van der Waals surface area contributed by atoms with Crippen molar-refractivity contribution >= 4 is 0 Å². The largest absolute Gasteiger partial charge is 0.337 e. The van der Waals surface area contributed by atoms with Gasteiger partial charge in [0.1, 0.15) is 0 Å². The SMILES string of the molecule is CCCCCCCCc1ccc2c(c1)CCCCOO2. The van der Waals surface area contributed by atoms with E-state index in [4.69, 9.17) is 9.78 Å². The molecule has 0 bridgehead atoms. The van der Waals surface area contributed by atoms with Crippen molar-refractivity contribution < 1.29 is 9.78 Å². The van der Waals surface area contributed by atoms with Crippen LogP contribution >= 0.6 is 0 Å². The molecule has 1 heterocycles. The lowest BCUT2D eigenvalue weighted by Crippen LogP contribution is -2.06. The lowest BCUT2D eigenvalue weighted by atomic mass is 10.00. The van der Waals surface area contributed by atoms with Crippen molar-refractivity contribution in [1.82, 2.24) is 0 Å². The Labute approximate surface area is 123 Å². The monoisotopic (exact) mass is 276 g/mol. The van der Waals surface area contributed by atoms with Crippen molar-refractivity contribution in [3.05, 3.63) is 29.3 Å². The summed E-state index contributed by atoms with van der Waals surface area (Å²) < 4.78 is 0. The summed E-state index contributed by atoms with van der Waals surface area (Å²) in [6, 6.07) is 6.58. The van der Waals surface area contributed by atoms with E-state index in [-0.39, 0.29) is 0 Å². The van der Waals surface area contributed by atoms with E-state index in [9.17, 15) is 0 Å². The molecule has 2 rings (SSSR count). The number of fused-ring (bicyclic) bond motifs is 1. The maximum Gasteiger partial charge on any atom is 0.168 e. The van der Waals surface area contributed by atoms with E-state index in [0.29, 0.717) is 6.61 Å². The minimum absolute atomic E-state index is 0.707. The zero-order valence-electron chi connectivity index (χ0n) is 12.8. The fraction of sp³-hybridized carbons (Fsp3) is 0.667. The maximum absolute atomic E-state index is 5.35. The zero-order valence-corrected chi connectivity index (χ0v) is 12.8. The lowest BCUT2D eigenvalue weighted by molar-refractivity contribution is -0.209. The van der Waals surface area contributed by atoms with E-state index in [2.05, 4.69) is 25.1 Å². The van der Waals surface area contributed by atoms with Gasteiger partial charge in [0.15, 0.2) is 5.75 Å². The van der Waals surface area contributed by atoms with Crippen LogP contribution in [-0.2, 0) is 17.7 Å². The van der Waals surface area contributed by atoms with Gasteiger partial charge in [-0.1, -0.05) is 51.2 Å². The summed E-state index contributed by atoms with van der Waals surface area (Å²) in [4.78, 5) is 10.5. The molecular weight excluding hydrogens is 248 g/mol. The van der Waals surface area contributed by atoms with Crippen LogP contribution < -0.4 is 4.89 Å². The zero-order chi connectivity index (χ0) is 14.0. The summed E-state index contributed by atoms with van der Waals surface area (Å²) in [7, 11) is 0. The van der Waals surface area contributed by atoms with Gasteiger partial charge in [0, 0.05) is 0 Å². The number of unbranched alkanes of at least 4 members (excludes halogenated alkanes) is 5. The molecule has 0 N–H and O–H groups in total. The highest BCUT2D eigenvalue weighted by Crippen LogP contribution is 2.25. The van der Waals surface area contributed by atoms with Crippen molar-refractivity contribution in [2.75, 3.05) is 6.61 Å². The molecular formula is C18H28O2. The molecule has 0 saturated carbocycles. The molecule has 0 aliphatic carbocycles. The predicted octanol–water partition coefficient (Wildman–Crippen LogP) is 5.24. The van der Waals surface area contributed by atoms with Gasteiger partial charge < -0.3 is 4.89 Å². The van der Waals surface area contributed by atoms with Gasteiger partial charge in [0.05, 0.1) is 6.61 Å². The van der Waals surface area contributed by atoms with Crippen molar-refractivity contribution in [3.63, 3.8) is 0 Å². The molecule has 0 fully saturated rings. The molecule has 112 valence electrons. The second kappa shape index (κ2) is 9.02. The number of aryl methyl sites for hydroxylation is 2. The first-order valence-corrected chi connectivity index (χ1v) is 8.31. The molecule has 1 aromatic carbocycles. The fourth-order valence-corrected chi connectivity index (χ4v) is 2.76. The summed E-state index contributed by atoms with van der Waals surface area (Å²) in [5.41, 5.74) is 2.76. The highest BCUT2D eigenvalue weighted by Gasteiger charge is 2.09. The van der Waals surface area contributed by atoms with Crippen LogP contribution in [-0.4, -0.2) is 6.61 Å². The first-order valence-electron chi connectivity index (χ1n) is 8.31. The summed E-state index contributed by atoms with van der Waals surface area (Å²) >= 11 is 0. The molecule has 1 aromatic rings. The van der Waals surface area contributed by atoms with Crippen LogP contribution in [0, 0.1) is 0 Å². The summed E-state index contributed by atoms with van der Waals surface area (Å²) in [5, 5.41) is 0. The Hall–Kier alpha value is -1.02. The summed E-state index contributed by atoms with van der Waals surface area (Å²) in [6.07, 6.45) is 12.7. The Morgan fingerprint density at radius 2 is 1.85 bits per heavy atom. The minimum atomic E-state index is 0.707. The Bertz CT molecular complexity index is 387. The van der Waals surface area contributed by atoms with Crippen molar-refractivity contribution in [1.29, 1.82) is 0 Å². The van der Waals surface area contributed by atoms with Gasteiger partial charge in [-0.3, -0.25) is 0 Å². The fourth-order valence-electron chi connectivity index (χ4n) is 2.76. The average Bonchev–Trinajstić information content (AvgIpc) is 2.44. The standard InChI is InChI=1S/C18H28O2/c1-2-3-4-5-6-7-10-16-12-13-18-17(15-16)11-8-9-14-19-20-18/h12-13,15H,2-11,14H2,1H3. The minimum Gasteiger partial charge on any atom is -0.337 e. The van der Waals surface area contributed by atoms with E-state index in [1.54, 1.807) is 0 Å². The van der Waals surface area contributed by atoms with Crippen LogP contribution in [0.4, 0.5) is 0 Å². The second-order valence-corrected chi connectivity index (χ2v) is 5.82. The molecule has 1 aliphatic rings. The maximum atomic E-state index is 5.35. The molecule has 1 aliphatic heterocycles. The van der Waals surface area contributed by atoms with E-state index >= 15 is 0 Å². The van der Waals surface area contributed by atoms with E-state index in [0.717, 1.165) is 18.6 Å². The van der Waals surface area contributed by atoms with Crippen LogP contribution in [0.25, 0.3) is 0 Å². The number of benzene rings is 1. The van der Waals surface area contributed by atoms with Gasteiger partial charge in [-0.05, 0) is 49.3 Å². The predicted molar refractivity (Wildman–Crippen MR) is 83.0 cm³/mol. The molecule has 0 aromatic heterocycles. The third-order valence-electron chi connectivity index (χ3n) is 4.02. The molecule has 2 nitrogen and oxygen atoms in total. The summed E-state index contributed by atoms with van der Waals surface area (Å²) in [5.74, 6) is 0.913. The Morgan fingerprint density at radius 1 is 1.00 bits per heavy atom. The van der Waals surface area contributed by atoms with Crippen molar-refractivity contribution in [3.8, 4) is 5.75 Å². The van der Waals surface area contributed by atoms with Gasteiger partial charge in [0.25, 0.3) is 0 Å². The normalized spacial score (nSPS) is 15.1. The number of hydrogen-bond acceptors (Lipinski definition) is 2. The van der Waals surface area contributed by atoms with E-state index < -0.39 is 0 Å². The van der Waals surface area contributed by atoms with Crippen LogP contribution in [0.2, 0.25) is 0 Å². The smallest absolute Gasteiger partial charge is 0.168 e. The molecule has 0 unspecified atom stereocenters. The topological polar surface area (TPSA) is 18.5 Å². The average molecular weight is 276 g/mol. The number of hydrogen-bond donors (Lipinski definition) is 0. The summed E-state index contributed by atoms with van der Waals surface area (Å²) in [6.45, 7) is 2.97. The van der Waals surface area contributed by atoms with Crippen LogP contribution in [0.5, 0.6) is 5.75 Å². The van der Waals surface area contributed by atoms with Crippen molar-refractivity contribution in [2.45, 2.75) is 71.1 Å².